The third-order valence-corrected chi connectivity index (χ3v) is 5.49. The van der Waals surface area contributed by atoms with Gasteiger partial charge in [0.05, 0.1) is 11.6 Å². The van der Waals surface area contributed by atoms with Gasteiger partial charge in [-0.15, -0.1) is 5.10 Å². The maximum atomic E-state index is 13.0. The number of nitrogens with zero attached hydrogens (tertiary/aromatic N) is 3. The van der Waals surface area contributed by atoms with E-state index in [1.54, 1.807) is 4.68 Å². The average Bonchev–Trinajstić information content (AvgIpc) is 3.11. The summed E-state index contributed by atoms with van der Waals surface area (Å²) in [6.45, 7) is 5.80. The molecule has 1 aliphatic heterocycles. The highest BCUT2D eigenvalue weighted by molar-refractivity contribution is 5.34. The van der Waals surface area contributed by atoms with Crippen molar-refractivity contribution in [3.05, 3.63) is 29.8 Å². The Balaban J connectivity index is 1.56. The molecule has 0 unspecified atom stereocenters. The number of benzene rings is 1. The highest BCUT2D eigenvalue weighted by atomic mass is 19.4. The van der Waals surface area contributed by atoms with Gasteiger partial charge >= 0.3 is 12.2 Å². The van der Waals surface area contributed by atoms with Crippen LogP contribution in [0.5, 0.6) is 11.8 Å². The van der Waals surface area contributed by atoms with Gasteiger partial charge in [-0.1, -0.05) is 6.07 Å². The Bertz CT molecular complexity index is 819. The Labute approximate surface area is 161 Å². The molecule has 9 heteroatoms. The number of rotatable bonds is 5. The highest BCUT2D eigenvalue weighted by Crippen LogP contribution is 2.36. The first-order chi connectivity index (χ1) is 13.3. The minimum Gasteiger partial charge on any atom is -0.424 e. The van der Waals surface area contributed by atoms with Crippen LogP contribution >= 0.6 is 0 Å². The number of nitrogens with one attached hydrogen (secondary N) is 2. The Kier molecular flexibility index (Phi) is 4.95. The largest absolute Gasteiger partial charge is 0.424 e. The number of fused-ring (bicyclic) bond motifs is 2. The molecule has 0 amide bonds. The third kappa shape index (κ3) is 3.80. The molecule has 0 spiro atoms. The zero-order valence-electron chi connectivity index (χ0n) is 15.8. The lowest BCUT2D eigenvalue weighted by Crippen LogP contribution is -2.45. The van der Waals surface area contributed by atoms with E-state index < -0.39 is 11.7 Å². The minimum atomic E-state index is -4.42. The number of hydrogen-bond donors (Lipinski definition) is 2. The second kappa shape index (κ2) is 7.27. The van der Waals surface area contributed by atoms with Gasteiger partial charge in [0.25, 0.3) is 0 Å². The molecule has 2 heterocycles. The zero-order chi connectivity index (χ0) is 19.9. The summed E-state index contributed by atoms with van der Waals surface area (Å²) in [5, 5.41) is 11.4. The molecule has 1 saturated heterocycles. The van der Waals surface area contributed by atoms with E-state index in [1.807, 2.05) is 13.8 Å². The normalized spacial score (nSPS) is 24.6. The summed E-state index contributed by atoms with van der Waals surface area (Å²) in [5.41, 5.74) is -0.759. The Hall–Kier alpha value is -2.29. The summed E-state index contributed by atoms with van der Waals surface area (Å²) in [4.78, 5) is 4.43. The van der Waals surface area contributed by atoms with Gasteiger partial charge < -0.3 is 15.4 Å². The SMILES string of the molecule is CC(C)n1nc(N[C@@H]2[C@@H]3CC[C@H]2CNC3)nc1Oc1cccc(C(F)(F)F)c1. The predicted octanol–water partition coefficient (Wildman–Crippen LogP) is 4.08. The topological polar surface area (TPSA) is 64.0 Å². The average molecular weight is 395 g/mol. The Morgan fingerprint density at radius 1 is 1.21 bits per heavy atom. The maximum absolute atomic E-state index is 13.0. The van der Waals surface area contributed by atoms with E-state index in [2.05, 4.69) is 20.7 Å². The second-order valence-electron chi connectivity index (χ2n) is 7.81. The van der Waals surface area contributed by atoms with Crippen molar-refractivity contribution in [1.29, 1.82) is 0 Å². The molecule has 2 bridgehead atoms. The Morgan fingerprint density at radius 2 is 1.93 bits per heavy atom. The van der Waals surface area contributed by atoms with Crippen molar-refractivity contribution in [1.82, 2.24) is 20.1 Å². The molecule has 4 rings (SSSR count). The van der Waals surface area contributed by atoms with Gasteiger partial charge in [-0.3, -0.25) is 0 Å². The van der Waals surface area contributed by atoms with Gasteiger partial charge in [-0.05, 0) is 69.8 Å². The minimum absolute atomic E-state index is 0.0476. The lowest BCUT2D eigenvalue weighted by Gasteiger charge is -2.30. The van der Waals surface area contributed by atoms with Crippen molar-refractivity contribution in [3.63, 3.8) is 0 Å². The van der Waals surface area contributed by atoms with Crippen LogP contribution < -0.4 is 15.4 Å². The molecule has 0 radical (unpaired) electrons. The Morgan fingerprint density at radius 3 is 2.57 bits per heavy atom. The highest BCUT2D eigenvalue weighted by Gasteiger charge is 2.39. The van der Waals surface area contributed by atoms with Crippen LogP contribution in [0.3, 0.4) is 0 Å². The fraction of sp³-hybridized carbons (Fsp3) is 0.579. The van der Waals surface area contributed by atoms with Crippen LogP contribution in [0.4, 0.5) is 19.1 Å². The van der Waals surface area contributed by atoms with Crippen molar-refractivity contribution >= 4 is 5.95 Å². The molecular formula is C19H24F3N5O. The first kappa shape index (κ1) is 19.0. The van der Waals surface area contributed by atoms with Gasteiger partial charge in [0.2, 0.25) is 5.95 Å². The van der Waals surface area contributed by atoms with Crippen LogP contribution in [0.25, 0.3) is 0 Å². The van der Waals surface area contributed by atoms with E-state index in [1.165, 1.54) is 25.0 Å². The number of ether oxygens (including phenoxy) is 1. The van der Waals surface area contributed by atoms with Crippen molar-refractivity contribution in [2.24, 2.45) is 11.8 Å². The molecule has 2 N–H and O–H groups in total. The molecule has 3 atom stereocenters. The van der Waals surface area contributed by atoms with Crippen molar-refractivity contribution in [2.75, 3.05) is 18.4 Å². The first-order valence-corrected chi connectivity index (χ1v) is 9.60. The van der Waals surface area contributed by atoms with E-state index >= 15 is 0 Å². The van der Waals surface area contributed by atoms with Gasteiger partial charge in [0.15, 0.2) is 0 Å². The van der Waals surface area contributed by atoms with Crippen molar-refractivity contribution in [3.8, 4) is 11.8 Å². The molecule has 28 heavy (non-hydrogen) atoms. The van der Waals surface area contributed by atoms with Crippen LogP contribution in [-0.4, -0.2) is 33.9 Å². The number of alkyl halides is 3. The number of hydrogen-bond acceptors (Lipinski definition) is 5. The fourth-order valence-corrected chi connectivity index (χ4v) is 4.09. The van der Waals surface area contributed by atoms with Crippen LogP contribution in [0.15, 0.2) is 24.3 Å². The van der Waals surface area contributed by atoms with Crippen LogP contribution in [0.2, 0.25) is 0 Å². The molecule has 1 aromatic carbocycles. The van der Waals surface area contributed by atoms with E-state index in [0.29, 0.717) is 23.8 Å². The lowest BCUT2D eigenvalue weighted by molar-refractivity contribution is -0.137. The molecule has 2 fully saturated rings. The quantitative estimate of drug-likeness (QED) is 0.799. The summed E-state index contributed by atoms with van der Waals surface area (Å²) in [6.07, 6.45) is -2.08. The van der Waals surface area contributed by atoms with Gasteiger partial charge in [-0.25, -0.2) is 4.68 Å². The van der Waals surface area contributed by atoms with E-state index in [9.17, 15) is 13.2 Å². The van der Waals surface area contributed by atoms with Crippen LogP contribution in [-0.2, 0) is 6.18 Å². The molecule has 6 nitrogen and oxygen atoms in total. The van der Waals surface area contributed by atoms with Gasteiger partial charge in [0, 0.05) is 6.04 Å². The summed E-state index contributed by atoms with van der Waals surface area (Å²) < 4.78 is 46.1. The lowest BCUT2D eigenvalue weighted by atomic mass is 9.94. The van der Waals surface area contributed by atoms with Crippen LogP contribution in [0, 0.1) is 11.8 Å². The van der Waals surface area contributed by atoms with E-state index in [-0.39, 0.29) is 17.8 Å². The van der Waals surface area contributed by atoms with Crippen molar-refractivity contribution < 1.29 is 17.9 Å². The summed E-state index contributed by atoms with van der Waals surface area (Å²) in [7, 11) is 0. The summed E-state index contributed by atoms with van der Waals surface area (Å²) in [5.74, 6) is 1.62. The molecule has 152 valence electrons. The van der Waals surface area contributed by atoms with E-state index in [0.717, 1.165) is 25.2 Å². The first-order valence-electron chi connectivity index (χ1n) is 9.60. The fourth-order valence-electron chi connectivity index (χ4n) is 4.09. The maximum Gasteiger partial charge on any atom is 0.416 e. The number of anilines is 1. The standard InChI is InChI=1S/C19H24F3N5O/c1-11(2)27-18(28-15-5-3-4-14(8-15)19(20,21)22)25-17(26-27)24-16-12-6-7-13(16)10-23-9-12/h3-5,8,11-13,16,23H,6-7,9-10H2,1-2H3,(H,24,26)/t12-,13+,16-. The smallest absolute Gasteiger partial charge is 0.416 e. The summed E-state index contributed by atoms with van der Waals surface area (Å²) >= 11 is 0. The number of aromatic nitrogens is 3. The van der Waals surface area contributed by atoms with Crippen LogP contribution in [0.1, 0.15) is 38.3 Å². The number of halogens is 3. The molecule has 2 aromatic rings. The molecule has 1 aliphatic carbocycles. The predicted molar refractivity (Wildman–Crippen MR) is 98.4 cm³/mol. The van der Waals surface area contributed by atoms with Gasteiger partial charge in [0.1, 0.15) is 5.75 Å². The number of piperidine rings is 1. The van der Waals surface area contributed by atoms with E-state index in [4.69, 9.17) is 4.74 Å². The molecular weight excluding hydrogens is 371 g/mol. The van der Waals surface area contributed by atoms with Crippen molar-refractivity contribution in [2.45, 2.75) is 44.9 Å². The second-order valence-corrected chi connectivity index (χ2v) is 7.81. The monoisotopic (exact) mass is 395 g/mol. The third-order valence-electron chi connectivity index (χ3n) is 5.49. The summed E-state index contributed by atoms with van der Waals surface area (Å²) in [6, 6.07) is 5.23. The molecule has 2 aliphatic rings. The van der Waals surface area contributed by atoms with Gasteiger partial charge in [-0.2, -0.15) is 18.2 Å². The molecule has 1 aromatic heterocycles. The molecule has 1 saturated carbocycles. The zero-order valence-corrected chi connectivity index (χ0v) is 15.8.